The van der Waals surface area contributed by atoms with E-state index in [9.17, 15) is 4.79 Å². The topological polar surface area (TPSA) is 20.3 Å². The Kier molecular flexibility index (Phi) is 7.02. The van der Waals surface area contributed by atoms with Crippen molar-refractivity contribution in [3.05, 3.63) is 34.9 Å². The predicted molar refractivity (Wildman–Crippen MR) is 89.0 cm³/mol. The minimum Gasteiger partial charge on any atom is -0.339 e. The van der Waals surface area contributed by atoms with Crippen LogP contribution in [-0.2, 0) is 4.79 Å². The van der Waals surface area contributed by atoms with Crippen LogP contribution in [0.15, 0.2) is 18.2 Å². The van der Waals surface area contributed by atoms with Crippen molar-refractivity contribution in [2.45, 2.75) is 58.9 Å². The fourth-order valence-corrected chi connectivity index (χ4v) is 2.58. The maximum absolute atomic E-state index is 12.3. The number of terminal acetylenes is 1. The van der Waals surface area contributed by atoms with Gasteiger partial charge in [-0.3, -0.25) is 4.79 Å². The van der Waals surface area contributed by atoms with Crippen LogP contribution < -0.4 is 0 Å². The Labute approximate surface area is 129 Å². The molecule has 114 valence electrons. The first kappa shape index (κ1) is 17.3. The van der Waals surface area contributed by atoms with E-state index in [2.05, 4.69) is 44.9 Å². The van der Waals surface area contributed by atoms with E-state index in [4.69, 9.17) is 6.42 Å². The quantitative estimate of drug-likeness (QED) is 0.537. The SMILES string of the molecule is C#CCCCCCC(=O)N(C)C(C)c1ccc(C)cc1C. The number of aryl methyl sites for hydroxylation is 2. The van der Waals surface area contributed by atoms with E-state index in [1.165, 1.54) is 16.7 Å². The predicted octanol–water partition coefficient (Wildman–Crippen LogP) is 4.41. The van der Waals surface area contributed by atoms with Gasteiger partial charge in [0.25, 0.3) is 0 Å². The van der Waals surface area contributed by atoms with Crippen LogP contribution in [0.5, 0.6) is 0 Å². The summed E-state index contributed by atoms with van der Waals surface area (Å²) in [5.41, 5.74) is 3.73. The molecular weight excluding hydrogens is 258 g/mol. The van der Waals surface area contributed by atoms with Crippen molar-refractivity contribution in [1.82, 2.24) is 4.90 Å². The van der Waals surface area contributed by atoms with E-state index in [0.717, 1.165) is 25.7 Å². The first-order valence-electron chi connectivity index (χ1n) is 7.73. The zero-order valence-corrected chi connectivity index (χ0v) is 13.8. The molecule has 0 saturated heterocycles. The summed E-state index contributed by atoms with van der Waals surface area (Å²) in [4.78, 5) is 14.1. The molecule has 0 aliphatic heterocycles. The number of benzene rings is 1. The Hall–Kier alpha value is -1.75. The van der Waals surface area contributed by atoms with Gasteiger partial charge in [0.1, 0.15) is 0 Å². The van der Waals surface area contributed by atoms with Crippen molar-refractivity contribution in [1.29, 1.82) is 0 Å². The lowest BCUT2D eigenvalue weighted by Crippen LogP contribution is -2.29. The van der Waals surface area contributed by atoms with Crippen LogP contribution in [0.2, 0.25) is 0 Å². The van der Waals surface area contributed by atoms with Crippen molar-refractivity contribution < 1.29 is 4.79 Å². The van der Waals surface area contributed by atoms with Crippen molar-refractivity contribution >= 4 is 5.91 Å². The van der Waals surface area contributed by atoms with E-state index in [1.54, 1.807) is 0 Å². The van der Waals surface area contributed by atoms with Crippen LogP contribution >= 0.6 is 0 Å². The second kappa shape index (κ2) is 8.52. The maximum atomic E-state index is 12.3. The van der Waals surface area contributed by atoms with Gasteiger partial charge in [-0.15, -0.1) is 12.3 Å². The highest BCUT2D eigenvalue weighted by atomic mass is 16.2. The van der Waals surface area contributed by atoms with E-state index in [1.807, 2.05) is 11.9 Å². The van der Waals surface area contributed by atoms with Gasteiger partial charge >= 0.3 is 0 Å². The molecule has 2 heteroatoms. The number of amides is 1. The van der Waals surface area contributed by atoms with Gasteiger partial charge in [0.05, 0.1) is 6.04 Å². The fourth-order valence-electron chi connectivity index (χ4n) is 2.58. The number of hydrogen-bond acceptors (Lipinski definition) is 1. The third-order valence-electron chi connectivity index (χ3n) is 4.06. The Morgan fingerprint density at radius 3 is 2.62 bits per heavy atom. The summed E-state index contributed by atoms with van der Waals surface area (Å²) in [5.74, 6) is 2.85. The van der Waals surface area contributed by atoms with Gasteiger partial charge in [-0.2, -0.15) is 0 Å². The molecule has 1 rings (SSSR count). The van der Waals surface area contributed by atoms with Gasteiger partial charge in [-0.1, -0.05) is 30.2 Å². The summed E-state index contributed by atoms with van der Waals surface area (Å²) in [6.07, 6.45) is 9.60. The monoisotopic (exact) mass is 285 g/mol. The number of hydrogen-bond donors (Lipinski definition) is 0. The smallest absolute Gasteiger partial charge is 0.222 e. The summed E-state index contributed by atoms with van der Waals surface area (Å²) >= 11 is 0. The Bertz CT molecular complexity index is 513. The maximum Gasteiger partial charge on any atom is 0.222 e. The van der Waals surface area contributed by atoms with Crippen LogP contribution in [0.3, 0.4) is 0 Å². The third kappa shape index (κ3) is 5.27. The van der Waals surface area contributed by atoms with E-state index >= 15 is 0 Å². The molecule has 0 N–H and O–H groups in total. The molecular formula is C19H27NO. The highest BCUT2D eigenvalue weighted by Crippen LogP contribution is 2.24. The molecule has 0 radical (unpaired) electrons. The lowest BCUT2D eigenvalue weighted by Gasteiger charge is -2.27. The third-order valence-corrected chi connectivity index (χ3v) is 4.06. The summed E-state index contributed by atoms with van der Waals surface area (Å²) in [6, 6.07) is 6.52. The number of carbonyl (C=O) groups is 1. The summed E-state index contributed by atoms with van der Waals surface area (Å²) in [7, 11) is 1.90. The normalized spacial score (nSPS) is 11.8. The average molecular weight is 285 g/mol. The van der Waals surface area contributed by atoms with Crippen molar-refractivity contribution in [2.75, 3.05) is 7.05 Å². The van der Waals surface area contributed by atoms with Gasteiger partial charge in [-0.25, -0.2) is 0 Å². The van der Waals surface area contributed by atoms with Crippen molar-refractivity contribution in [3.8, 4) is 12.3 Å². The van der Waals surface area contributed by atoms with Crippen LogP contribution in [-0.4, -0.2) is 17.9 Å². The molecule has 1 aromatic rings. The first-order valence-corrected chi connectivity index (χ1v) is 7.73. The van der Waals surface area contributed by atoms with Crippen LogP contribution in [0.1, 0.15) is 61.8 Å². The number of carbonyl (C=O) groups excluding carboxylic acids is 1. The Morgan fingerprint density at radius 2 is 2.00 bits per heavy atom. The molecule has 0 aliphatic carbocycles. The minimum absolute atomic E-state index is 0.115. The van der Waals surface area contributed by atoms with E-state index in [0.29, 0.717) is 6.42 Å². The van der Waals surface area contributed by atoms with Gasteiger partial charge in [-0.05, 0) is 44.7 Å². The zero-order valence-electron chi connectivity index (χ0n) is 13.8. The van der Waals surface area contributed by atoms with E-state index in [-0.39, 0.29) is 11.9 Å². The van der Waals surface area contributed by atoms with E-state index < -0.39 is 0 Å². The van der Waals surface area contributed by atoms with Gasteiger partial charge in [0.15, 0.2) is 0 Å². The number of rotatable bonds is 7. The molecule has 1 unspecified atom stereocenters. The first-order chi connectivity index (χ1) is 9.97. The Morgan fingerprint density at radius 1 is 1.29 bits per heavy atom. The lowest BCUT2D eigenvalue weighted by molar-refractivity contribution is -0.131. The highest BCUT2D eigenvalue weighted by molar-refractivity contribution is 5.76. The highest BCUT2D eigenvalue weighted by Gasteiger charge is 2.18. The zero-order chi connectivity index (χ0) is 15.8. The van der Waals surface area contributed by atoms with Crippen molar-refractivity contribution in [3.63, 3.8) is 0 Å². The summed E-state index contributed by atoms with van der Waals surface area (Å²) in [5, 5.41) is 0. The molecule has 2 nitrogen and oxygen atoms in total. The molecule has 0 heterocycles. The largest absolute Gasteiger partial charge is 0.339 e. The molecule has 1 aromatic carbocycles. The van der Waals surface area contributed by atoms with Gasteiger partial charge in [0.2, 0.25) is 5.91 Å². The number of nitrogens with zero attached hydrogens (tertiary/aromatic N) is 1. The van der Waals surface area contributed by atoms with Gasteiger partial charge in [0, 0.05) is 19.9 Å². The second-order valence-corrected chi connectivity index (χ2v) is 5.81. The molecule has 0 spiro atoms. The molecule has 0 bridgehead atoms. The van der Waals surface area contributed by atoms with Crippen LogP contribution in [0.25, 0.3) is 0 Å². The Balaban J connectivity index is 2.55. The van der Waals surface area contributed by atoms with Crippen LogP contribution in [0.4, 0.5) is 0 Å². The average Bonchev–Trinajstić information content (AvgIpc) is 2.45. The van der Waals surface area contributed by atoms with Crippen molar-refractivity contribution in [2.24, 2.45) is 0 Å². The standard InChI is InChI=1S/C19H27NO/c1-6-7-8-9-10-11-19(21)20(5)17(4)18-13-12-15(2)14-16(18)3/h1,12-14,17H,7-11H2,2-5H3. The molecule has 21 heavy (non-hydrogen) atoms. The summed E-state index contributed by atoms with van der Waals surface area (Å²) in [6.45, 7) is 6.29. The fraction of sp³-hybridized carbons (Fsp3) is 0.526. The van der Waals surface area contributed by atoms with Gasteiger partial charge < -0.3 is 4.90 Å². The molecule has 0 aliphatic rings. The molecule has 0 aromatic heterocycles. The van der Waals surface area contributed by atoms with Crippen LogP contribution in [0, 0.1) is 26.2 Å². The lowest BCUT2D eigenvalue weighted by atomic mass is 9.99. The number of unbranched alkanes of at least 4 members (excludes halogenated alkanes) is 3. The molecule has 1 atom stereocenters. The molecule has 1 amide bonds. The second-order valence-electron chi connectivity index (χ2n) is 5.81. The molecule has 0 fully saturated rings. The summed E-state index contributed by atoms with van der Waals surface area (Å²) < 4.78 is 0. The minimum atomic E-state index is 0.115. The molecule has 0 saturated carbocycles.